The van der Waals surface area contributed by atoms with Crippen molar-refractivity contribution in [1.29, 1.82) is 5.26 Å². The summed E-state index contributed by atoms with van der Waals surface area (Å²) in [5, 5.41) is 15.5. The number of hydrogen-bond donors (Lipinski definition) is 0. The molecule has 110 valence electrons. The maximum absolute atomic E-state index is 9.04. The predicted molar refractivity (Wildman–Crippen MR) is 82.4 cm³/mol. The van der Waals surface area contributed by atoms with Crippen molar-refractivity contribution in [3.8, 4) is 17.3 Å². The third-order valence-corrected chi connectivity index (χ3v) is 4.82. The van der Waals surface area contributed by atoms with Crippen LogP contribution >= 0.6 is 11.3 Å². The smallest absolute Gasteiger partial charge is 0.126 e. The van der Waals surface area contributed by atoms with Crippen LogP contribution in [0.1, 0.15) is 12.2 Å². The van der Waals surface area contributed by atoms with Gasteiger partial charge in [-0.05, 0) is 18.4 Å². The van der Waals surface area contributed by atoms with Crippen LogP contribution in [0, 0.1) is 18.3 Å². The van der Waals surface area contributed by atoms with Gasteiger partial charge in [0.25, 0.3) is 0 Å². The number of hydrogen-bond acceptors (Lipinski definition) is 6. The molecule has 3 aromatic rings. The molecule has 1 aliphatic rings. The van der Waals surface area contributed by atoms with Crippen LogP contribution in [0.5, 0.6) is 0 Å². The Bertz CT molecular complexity index is 887. The van der Waals surface area contributed by atoms with Crippen molar-refractivity contribution in [2.75, 3.05) is 13.2 Å². The second-order valence-corrected chi connectivity index (χ2v) is 6.40. The molecule has 0 aromatic carbocycles. The lowest BCUT2D eigenvalue weighted by molar-refractivity contribution is -0.104. The van der Waals surface area contributed by atoms with E-state index in [1.165, 1.54) is 0 Å². The molecule has 4 heterocycles. The summed E-state index contributed by atoms with van der Waals surface area (Å²) in [5.74, 6) is 0.743. The second-order valence-electron chi connectivity index (χ2n) is 5.48. The van der Waals surface area contributed by atoms with E-state index in [1.54, 1.807) is 17.5 Å². The molecule has 4 rings (SSSR count). The monoisotopic (exact) mass is 311 g/mol. The Balaban J connectivity index is 1.81. The Hall–Kier alpha value is -2.30. The number of thiophene rings is 1. The Morgan fingerprint density at radius 1 is 1.45 bits per heavy atom. The molecule has 1 saturated heterocycles. The third kappa shape index (κ3) is 1.92. The van der Waals surface area contributed by atoms with Crippen LogP contribution in [0.2, 0.25) is 0 Å². The van der Waals surface area contributed by atoms with Crippen molar-refractivity contribution in [1.82, 2.24) is 19.7 Å². The molecular weight excluding hydrogens is 298 g/mol. The minimum absolute atomic E-state index is 0.330. The molecule has 0 atom stereocenters. The fraction of sp³-hybridized carbons (Fsp3) is 0.333. The van der Waals surface area contributed by atoms with E-state index < -0.39 is 0 Å². The zero-order valence-electron chi connectivity index (χ0n) is 12.0. The van der Waals surface area contributed by atoms with Gasteiger partial charge < -0.3 is 4.74 Å². The molecule has 6 nitrogen and oxygen atoms in total. The van der Waals surface area contributed by atoms with Gasteiger partial charge >= 0.3 is 0 Å². The van der Waals surface area contributed by atoms with E-state index in [0.717, 1.165) is 27.3 Å². The van der Waals surface area contributed by atoms with Gasteiger partial charge in [0, 0.05) is 11.8 Å². The lowest BCUT2D eigenvalue weighted by atomic mass is 9.94. The van der Waals surface area contributed by atoms with Gasteiger partial charge in [0.05, 0.1) is 47.8 Å². The number of fused-ring (bicyclic) bond motifs is 1. The predicted octanol–water partition coefficient (Wildman–Crippen LogP) is 2.50. The van der Waals surface area contributed by atoms with E-state index in [4.69, 9.17) is 10.00 Å². The number of nitriles is 1. The van der Waals surface area contributed by atoms with E-state index in [-0.39, 0.29) is 5.54 Å². The van der Waals surface area contributed by atoms with Gasteiger partial charge in [-0.2, -0.15) is 10.4 Å². The molecule has 0 unspecified atom stereocenters. The zero-order valence-corrected chi connectivity index (χ0v) is 12.8. The molecule has 7 heteroatoms. The van der Waals surface area contributed by atoms with Crippen LogP contribution in [0.25, 0.3) is 21.5 Å². The number of aryl methyl sites for hydroxylation is 1. The first kappa shape index (κ1) is 13.4. The number of ether oxygens (including phenoxy) is 1. The highest BCUT2D eigenvalue weighted by molar-refractivity contribution is 7.17. The quantitative estimate of drug-likeness (QED) is 0.742. The normalized spacial score (nSPS) is 16.4. The van der Waals surface area contributed by atoms with Crippen LogP contribution in [-0.2, 0) is 10.3 Å². The fourth-order valence-corrected chi connectivity index (χ4v) is 3.52. The van der Waals surface area contributed by atoms with Crippen molar-refractivity contribution < 1.29 is 4.74 Å². The van der Waals surface area contributed by atoms with Crippen molar-refractivity contribution in [3.63, 3.8) is 0 Å². The topological polar surface area (TPSA) is 76.6 Å². The molecule has 0 spiro atoms. The van der Waals surface area contributed by atoms with E-state index >= 15 is 0 Å². The second kappa shape index (κ2) is 4.87. The molecule has 3 aromatic heterocycles. The van der Waals surface area contributed by atoms with E-state index in [9.17, 15) is 0 Å². The van der Waals surface area contributed by atoms with Gasteiger partial charge in [-0.1, -0.05) is 0 Å². The summed E-state index contributed by atoms with van der Waals surface area (Å²) < 4.78 is 8.21. The van der Waals surface area contributed by atoms with Crippen LogP contribution in [0.3, 0.4) is 0 Å². The molecule has 22 heavy (non-hydrogen) atoms. The lowest BCUT2D eigenvalue weighted by Crippen LogP contribution is -2.51. The summed E-state index contributed by atoms with van der Waals surface area (Å²) >= 11 is 1.63. The van der Waals surface area contributed by atoms with Crippen molar-refractivity contribution >= 4 is 21.6 Å². The minimum Gasteiger partial charge on any atom is -0.376 e. The van der Waals surface area contributed by atoms with Crippen LogP contribution in [0.4, 0.5) is 0 Å². The van der Waals surface area contributed by atoms with Crippen LogP contribution in [0.15, 0.2) is 23.8 Å². The van der Waals surface area contributed by atoms with Gasteiger partial charge in [-0.25, -0.2) is 9.97 Å². The maximum Gasteiger partial charge on any atom is 0.126 e. The van der Waals surface area contributed by atoms with Crippen LogP contribution in [-0.4, -0.2) is 33.0 Å². The molecular formula is C15H13N5OS. The number of rotatable bonds is 3. The van der Waals surface area contributed by atoms with Crippen molar-refractivity contribution in [3.05, 3.63) is 29.7 Å². The van der Waals surface area contributed by atoms with Gasteiger partial charge in [0.1, 0.15) is 11.4 Å². The average molecular weight is 311 g/mol. The number of aromatic nitrogens is 4. The summed E-state index contributed by atoms with van der Waals surface area (Å²) in [4.78, 5) is 9.02. The van der Waals surface area contributed by atoms with Crippen LogP contribution < -0.4 is 0 Å². The van der Waals surface area contributed by atoms with Gasteiger partial charge in [-0.3, -0.25) is 4.68 Å². The first-order valence-corrected chi connectivity index (χ1v) is 7.82. The Morgan fingerprint density at radius 3 is 3.05 bits per heavy atom. The first-order chi connectivity index (χ1) is 10.7. The van der Waals surface area contributed by atoms with E-state index in [2.05, 4.69) is 21.1 Å². The number of nitrogens with zero attached hydrogens (tertiary/aromatic N) is 5. The minimum atomic E-state index is -0.330. The molecule has 1 fully saturated rings. The lowest BCUT2D eigenvalue weighted by Gasteiger charge is -2.39. The Morgan fingerprint density at radius 2 is 2.32 bits per heavy atom. The third-order valence-electron chi connectivity index (χ3n) is 3.91. The largest absolute Gasteiger partial charge is 0.376 e. The first-order valence-electron chi connectivity index (χ1n) is 6.94. The molecule has 0 radical (unpaired) electrons. The average Bonchev–Trinajstić information content (AvgIpc) is 3.10. The SMILES string of the molecule is Cc1nc(-c2cnn(C3(CC#N)COC3)c2)c2sccc2n1. The van der Waals surface area contributed by atoms with Crippen molar-refractivity contribution in [2.24, 2.45) is 0 Å². The molecule has 0 N–H and O–H groups in total. The molecule has 0 saturated carbocycles. The molecule has 1 aliphatic heterocycles. The van der Waals surface area contributed by atoms with E-state index in [1.807, 2.05) is 29.2 Å². The Kier molecular flexibility index (Phi) is 2.96. The molecule has 0 aliphatic carbocycles. The summed E-state index contributed by atoms with van der Waals surface area (Å²) in [5.41, 5.74) is 2.47. The highest BCUT2D eigenvalue weighted by Crippen LogP contribution is 2.33. The van der Waals surface area contributed by atoms with E-state index in [0.29, 0.717) is 19.6 Å². The fourth-order valence-electron chi connectivity index (χ4n) is 2.68. The molecule has 0 bridgehead atoms. The zero-order chi connectivity index (χ0) is 15.2. The summed E-state index contributed by atoms with van der Waals surface area (Å²) in [6.07, 6.45) is 4.16. The Labute approximate surface area is 131 Å². The summed E-state index contributed by atoms with van der Waals surface area (Å²) in [6.45, 7) is 2.94. The van der Waals surface area contributed by atoms with Crippen molar-refractivity contribution in [2.45, 2.75) is 18.9 Å². The van der Waals surface area contributed by atoms with Gasteiger partial charge in [0.2, 0.25) is 0 Å². The maximum atomic E-state index is 9.04. The van der Waals surface area contributed by atoms with Gasteiger partial charge in [-0.15, -0.1) is 11.3 Å². The highest BCUT2D eigenvalue weighted by Gasteiger charge is 2.41. The summed E-state index contributed by atoms with van der Waals surface area (Å²) in [6, 6.07) is 4.23. The summed E-state index contributed by atoms with van der Waals surface area (Å²) in [7, 11) is 0. The standard InChI is InChI=1S/C15H13N5OS/c1-10-18-12-2-5-22-14(12)13(19-10)11-6-17-20(7-11)15(3-4-16)8-21-9-15/h2,5-7H,3,8-9H2,1H3. The highest BCUT2D eigenvalue weighted by atomic mass is 32.1. The molecule has 0 amide bonds. The van der Waals surface area contributed by atoms with Gasteiger partial charge in [0.15, 0.2) is 0 Å².